The third-order valence-electron chi connectivity index (χ3n) is 4.17. The summed E-state index contributed by atoms with van der Waals surface area (Å²) >= 11 is 0. The smallest absolute Gasteiger partial charge is 0.125 e. The Morgan fingerprint density at radius 1 is 1.17 bits per heavy atom. The highest BCUT2D eigenvalue weighted by Gasteiger charge is 2.19. The minimum Gasteiger partial charge on any atom is -0.494 e. The molecular weight excluding hydrogens is 302 g/mol. The monoisotopic (exact) mass is 327 g/mol. The van der Waals surface area contributed by atoms with Gasteiger partial charge in [-0.25, -0.2) is 9.97 Å². The molecule has 1 aliphatic rings. The molecule has 0 fully saturated rings. The summed E-state index contributed by atoms with van der Waals surface area (Å²) in [5.74, 6) is 2.68. The van der Waals surface area contributed by atoms with Gasteiger partial charge >= 0.3 is 0 Å². The molecule has 0 atom stereocenters. The summed E-state index contributed by atoms with van der Waals surface area (Å²) in [6.07, 6.45) is 2.93. The average molecular weight is 327 g/mol. The van der Waals surface area contributed by atoms with Crippen LogP contribution >= 0.6 is 0 Å². The van der Waals surface area contributed by atoms with Gasteiger partial charge in [0.05, 0.1) is 13.2 Å². The van der Waals surface area contributed by atoms with Gasteiger partial charge in [0.2, 0.25) is 0 Å². The fourth-order valence-electron chi connectivity index (χ4n) is 3.08. The maximum absolute atomic E-state index is 5.79. The molecule has 24 heavy (non-hydrogen) atoms. The van der Waals surface area contributed by atoms with Crippen LogP contribution in [0, 0.1) is 6.92 Å². The van der Waals surface area contributed by atoms with Gasteiger partial charge in [0, 0.05) is 49.1 Å². The Hall–Kier alpha value is -2.14. The van der Waals surface area contributed by atoms with Crippen molar-refractivity contribution in [1.82, 2.24) is 14.9 Å². The van der Waals surface area contributed by atoms with E-state index in [4.69, 9.17) is 9.47 Å². The van der Waals surface area contributed by atoms with E-state index in [0.717, 1.165) is 43.4 Å². The van der Waals surface area contributed by atoms with E-state index in [2.05, 4.69) is 20.9 Å². The van der Waals surface area contributed by atoms with Crippen LogP contribution in [0.4, 0.5) is 0 Å². The van der Waals surface area contributed by atoms with Gasteiger partial charge < -0.3 is 9.47 Å². The summed E-state index contributed by atoms with van der Waals surface area (Å²) in [5, 5.41) is 0. The Morgan fingerprint density at radius 3 is 2.79 bits per heavy atom. The van der Waals surface area contributed by atoms with Crippen LogP contribution in [0.25, 0.3) is 0 Å². The molecule has 1 aromatic heterocycles. The lowest BCUT2D eigenvalue weighted by atomic mass is 10.1. The van der Waals surface area contributed by atoms with E-state index in [-0.39, 0.29) is 0 Å². The van der Waals surface area contributed by atoms with Crippen molar-refractivity contribution < 1.29 is 9.47 Å². The van der Waals surface area contributed by atoms with E-state index in [9.17, 15) is 0 Å². The first-order valence-corrected chi connectivity index (χ1v) is 8.61. The van der Waals surface area contributed by atoms with Gasteiger partial charge in [-0.3, -0.25) is 4.90 Å². The molecule has 0 saturated heterocycles. The van der Waals surface area contributed by atoms with Gasteiger partial charge in [0.15, 0.2) is 0 Å². The molecule has 0 bridgehead atoms. The molecule has 0 unspecified atom stereocenters. The molecule has 1 aromatic carbocycles. The average Bonchev–Trinajstić information content (AvgIpc) is 2.58. The molecule has 5 nitrogen and oxygen atoms in total. The van der Waals surface area contributed by atoms with Gasteiger partial charge in [0.25, 0.3) is 0 Å². The van der Waals surface area contributed by atoms with E-state index in [1.54, 1.807) is 0 Å². The van der Waals surface area contributed by atoms with Crippen molar-refractivity contribution in [2.75, 3.05) is 19.8 Å². The molecule has 2 aromatic rings. The molecule has 0 spiro atoms. The molecule has 3 rings (SSSR count). The number of fused-ring (bicyclic) bond motifs is 1. The molecule has 0 aliphatic carbocycles. The van der Waals surface area contributed by atoms with Crippen LogP contribution in [0.15, 0.2) is 24.4 Å². The van der Waals surface area contributed by atoms with Crippen molar-refractivity contribution in [2.24, 2.45) is 0 Å². The second kappa shape index (κ2) is 7.62. The molecule has 0 amide bonds. The van der Waals surface area contributed by atoms with E-state index < -0.39 is 0 Å². The number of benzene rings is 1. The molecule has 128 valence electrons. The highest BCUT2D eigenvalue weighted by atomic mass is 16.5. The van der Waals surface area contributed by atoms with Crippen LogP contribution in [0.1, 0.15) is 36.5 Å². The predicted molar refractivity (Wildman–Crippen MR) is 93.4 cm³/mol. The van der Waals surface area contributed by atoms with Gasteiger partial charge in [-0.15, -0.1) is 0 Å². The lowest BCUT2D eigenvalue weighted by Crippen LogP contribution is -2.31. The first-order chi connectivity index (χ1) is 11.7. The standard InChI is InChI=1S/C19H25N3O2/c1-4-23-17-6-7-19(24-5-2)15(10-17)12-22-9-8-18-16(13-22)11-20-14(3)21-18/h6-7,10-11H,4-5,8-9,12-13H2,1-3H3. The molecule has 1 aliphatic heterocycles. The van der Waals surface area contributed by atoms with Crippen LogP contribution in [0.2, 0.25) is 0 Å². The summed E-state index contributed by atoms with van der Waals surface area (Å²) in [4.78, 5) is 11.3. The van der Waals surface area contributed by atoms with Gasteiger partial charge in [-0.1, -0.05) is 0 Å². The fourth-order valence-corrected chi connectivity index (χ4v) is 3.08. The zero-order valence-corrected chi connectivity index (χ0v) is 14.7. The Kier molecular flexibility index (Phi) is 5.30. The molecule has 0 radical (unpaired) electrons. The van der Waals surface area contributed by atoms with Crippen molar-refractivity contribution in [3.8, 4) is 11.5 Å². The molecule has 0 saturated carbocycles. The van der Waals surface area contributed by atoms with Crippen molar-refractivity contribution in [3.63, 3.8) is 0 Å². The van der Waals surface area contributed by atoms with Crippen LogP contribution in [0.5, 0.6) is 11.5 Å². The lowest BCUT2D eigenvalue weighted by molar-refractivity contribution is 0.236. The van der Waals surface area contributed by atoms with Crippen LogP contribution < -0.4 is 9.47 Å². The maximum atomic E-state index is 5.79. The number of nitrogens with zero attached hydrogens (tertiary/aromatic N) is 3. The Labute approximate surface area is 143 Å². The lowest BCUT2D eigenvalue weighted by Gasteiger charge is -2.28. The third kappa shape index (κ3) is 3.85. The first-order valence-electron chi connectivity index (χ1n) is 8.61. The quantitative estimate of drug-likeness (QED) is 0.816. The second-order valence-electron chi connectivity index (χ2n) is 5.99. The van der Waals surface area contributed by atoms with Gasteiger partial charge in [-0.2, -0.15) is 0 Å². The van der Waals surface area contributed by atoms with Crippen molar-refractivity contribution in [3.05, 3.63) is 47.0 Å². The number of hydrogen-bond acceptors (Lipinski definition) is 5. The largest absolute Gasteiger partial charge is 0.494 e. The normalized spacial score (nSPS) is 14.3. The molecule has 5 heteroatoms. The van der Waals surface area contributed by atoms with Crippen molar-refractivity contribution in [2.45, 2.75) is 40.3 Å². The minimum absolute atomic E-state index is 0.664. The van der Waals surface area contributed by atoms with Crippen LogP contribution in [-0.4, -0.2) is 34.6 Å². The SMILES string of the molecule is CCOc1ccc(OCC)c(CN2CCc3nc(C)ncc3C2)c1. The Bertz CT molecular complexity index is 703. The van der Waals surface area contributed by atoms with Crippen molar-refractivity contribution >= 4 is 0 Å². The predicted octanol–water partition coefficient (Wildman–Crippen LogP) is 3.14. The van der Waals surface area contributed by atoms with E-state index >= 15 is 0 Å². The zero-order chi connectivity index (χ0) is 16.9. The highest BCUT2D eigenvalue weighted by Crippen LogP contribution is 2.27. The Balaban J connectivity index is 1.77. The van der Waals surface area contributed by atoms with E-state index in [1.807, 2.05) is 39.1 Å². The van der Waals surface area contributed by atoms with Crippen molar-refractivity contribution in [1.29, 1.82) is 0 Å². The first kappa shape index (κ1) is 16.7. The number of aryl methyl sites for hydroxylation is 1. The summed E-state index contributed by atoms with van der Waals surface area (Å²) in [6.45, 7) is 9.99. The van der Waals surface area contributed by atoms with E-state index in [1.165, 1.54) is 16.8 Å². The summed E-state index contributed by atoms with van der Waals surface area (Å²) in [5.41, 5.74) is 3.58. The number of aromatic nitrogens is 2. The third-order valence-corrected chi connectivity index (χ3v) is 4.17. The number of ether oxygens (including phenoxy) is 2. The highest BCUT2D eigenvalue weighted by molar-refractivity contribution is 5.40. The van der Waals surface area contributed by atoms with Crippen LogP contribution in [0.3, 0.4) is 0 Å². The topological polar surface area (TPSA) is 47.5 Å². The second-order valence-corrected chi connectivity index (χ2v) is 5.99. The fraction of sp³-hybridized carbons (Fsp3) is 0.474. The Morgan fingerprint density at radius 2 is 2.00 bits per heavy atom. The molecule has 2 heterocycles. The summed E-state index contributed by atoms with van der Waals surface area (Å²) in [6, 6.07) is 6.07. The van der Waals surface area contributed by atoms with Crippen LogP contribution in [-0.2, 0) is 19.5 Å². The van der Waals surface area contributed by atoms with Gasteiger partial charge in [0.1, 0.15) is 17.3 Å². The zero-order valence-electron chi connectivity index (χ0n) is 14.7. The summed E-state index contributed by atoms with van der Waals surface area (Å²) < 4.78 is 11.4. The molecule has 0 N–H and O–H groups in total. The van der Waals surface area contributed by atoms with Gasteiger partial charge in [-0.05, 0) is 39.0 Å². The number of rotatable bonds is 6. The van der Waals surface area contributed by atoms with E-state index in [0.29, 0.717) is 13.2 Å². The summed E-state index contributed by atoms with van der Waals surface area (Å²) in [7, 11) is 0. The molecular formula is C19H25N3O2. The minimum atomic E-state index is 0.664. The number of hydrogen-bond donors (Lipinski definition) is 0. The maximum Gasteiger partial charge on any atom is 0.125 e.